The van der Waals surface area contributed by atoms with Crippen LogP contribution in [0.1, 0.15) is 0 Å². The van der Waals surface area contributed by atoms with Gasteiger partial charge in [0.2, 0.25) is 5.75 Å². The van der Waals surface area contributed by atoms with E-state index in [4.69, 9.17) is 0 Å². The summed E-state index contributed by atoms with van der Waals surface area (Å²) in [6.45, 7) is 0. The van der Waals surface area contributed by atoms with E-state index >= 15 is 0 Å². The quantitative estimate of drug-likeness (QED) is 0.417. The Balaban J connectivity index is 2.31. The fourth-order valence-corrected chi connectivity index (χ4v) is 1.86. The number of nitrogens with zero attached hydrogens (tertiary/aromatic N) is 4. The number of benzene rings is 2. The van der Waals surface area contributed by atoms with Crippen LogP contribution in [-0.2, 0) is 0 Å². The van der Waals surface area contributed by atoms with Crippen LogP contribution in [0.25, 0.3) is 16.7 Å². The van der Waals surface area contributed by atoms with E-state index in [1.807, 2.05) is 6.07 Å². The zero-order chi connectivity index (χ0) is 14.3. The molecule has 0 aliphatic carbocycles. The molecule has 1 heterocycles. The third-order valence-corrected chi connectivity index (χ3v) is 2.77. The van der Waals surface area contributed by atoms with E-state index in [2.05, 4.69) is 10.2 Å². The topological polar surface area (TPSA) is 114 Å². The van der Waals surface area contributed by atoms with Crippen molar-refractivity contribution in [2.75, 3.05) is 0 Å². The number of nitro benzene ring substituents is 1. The molecule has 3 rings (SSSR count). The van der Waals surface area contributed by atoms with Crippen molar-refractivity contribution in [3.8, 4) is 17.2 Å². The van der Waals surface area contributed by atoms with Gasteiger partial charge in [0.25, 0.3) is 0 Å². The molecule has 1 aromatic heterocycles. The van der Waals surface area contributed by atoms with Gasteiger partial charge in [-0.1, -0.05) is 18.2 Å². The Morgan fingerprint density at radius 1 is 1.15 bits per heavy atom. The molecule has 8 nitrogen and oxygen atoms in total. The van der Waals surface area contributed by atoms with E-state index in [1.54, 1.807) is 24.3 Å². The molecule has 0 atom stereocenters. The summed E-state index contributed by atoms with van der Waals surface area (Å²) in [4.78, 5) is 11.4. The molecule has 0 fully saturated rings. The lowest BCUT2D eigenvalue weighted by atomic mass is 10.2. The van der Waals surface area contributed by atoms with Gasteiger partial charge >= 0.3 is 5.69 Å². The highest BCUT2D eigenvalue weighted by molar-refractivity contribution is 5.89. The molecule has 8 heteroatoms. The molecule has 0 bridgehead atoms. The van der Waals surface area contributed by atoms with E-state index in [0.717, 1.165) is 6.07 Å². The van der Waals surface area contributed by atoms with Crippen LogP contribution in [0.3, 0.4) is 0 Å². The van der Waals surface area contributed by atoms with Crippen molar-refractivity contribution in [1.29, 1.82) is 0 Å². The van der Waals surface area contributed by atoms with Crippen LogP contribution in [0.4, 0.5) is 5.69 Å². The number of nitro groups is 1. The number of phenols is 2. The monoisotopic (exact) mass is 272 g/mol. The van der Waals surface area contributed by atoms with Gasteiger partial charge in [-0.15, -0.1) is 10.2 Å². The third-order valence-electron chi connectivity index (χ3n) is 2.77. The number of phenolic OH excluding ortho intramolecular Hbond substituents is 2. The average molecular weight is 272 g/mol. The highest BCUT2D eigenvalue weighted by atomic mass is 16.6. The number of para-hydroxylation sites is 1. The molecule has 3 aromatic rings. The van der Waals surface area contributed by atoms with Crippen LogP contribution in [-0.4, -0.2) is 30.1 Å². The van der Waals surface area contributed by atoms with Crippen LogP contribution in [0, 0.1) is 10.1 Å². The zero-order valence-electron chi connectivity index (χ0n) is 9.96. The Morgan fingerprint density at radius 3 is 2.50 bits per heavy atom. The second kappa shape index (κ2) is 4.19. The summed E-state index contributed by atoms with van der Waals surface area (Å²) in [5.74, 6) is -1.42. The molecule has 20 heavy (non-hydrogen) atoms. The van der Waals surface area contributed by atoms with Gasteiger partial charge in [0, 0.05) is 6.07 Å². The summed E-state index contributed by atoms with van der Waals surface area (Å²) in [6, 6.07) is 9.94. The largest absolute Gasteiger partial charge is 0.504 e. The molecule has 0 unspecified atom stereocenters. The predicted molar refractivity (Wildman–Crippen MR) is 68.8 cm³/mol. The van der Waals surface area contributed by atoms with Gasteiger partial charge in [0.05, 0.1) is 10.6 Å². The number of aromatic nitrogens is 3. The first kappa shape index (κ1) is 11.9. The minimum absolute atomic E-state index is 0.0887. The van der Waals surface area contributed by atoms with E-state index in [9.17, 15) is 20.3 Å². The van der Waals surface area contributed by atoms with Crippen molar-refractivity contribution < 1.29 is 15.1 Å². The Kier molecular flexibility index (Phi) is 2.50. The average Bonchev–Trinajstić information content (AvgIpc) is 2.83. The fraction of sp³-hybridized carbons (Fsp3) is 0. The maximum atomic E-state index is 11.0. The summed E-state index contributed by atoms with van der Waals surface area (Å²) < 4.78 is 0. The first-order valence-corrected chi connectivity index (χ1v) is 5.59. The molecule has 0 spiro atoms. The van der Waals surface area contributed by atoms with Crippen molar-refractivity contribution in [2.24, 2.45) is 0 Å². The summed E-state index contributed by atoms with van der Waals surface area (Å²) in [7, 11) is 0. The normalized spacial score (nSPS) is 10.8. The molecular formula is C12H8N4O4. The molecule has 0 saturated heterocycles. The van der Waals surface area contributed by atoms with Gasteiger partial charge in [-0.2, -0.15) is 4.80 Å². The lowest BCUT2D eigenvalue weighted by molar-refractivity contribution is -0.384. The van der Waals surface area contributed by atoms with Crippen molar-refractivity contribution in [1.82, 2.24) is 15.0 Å². The van der Waals surface area contributed by atoms with Crippen LogP contribution >= 0.6 is 0 Å². The first-order valence-electron chi connectivity index (χ1n) is 5.59. The van der Waals surface area contributed by atoms with E-state index in [1.165, 1.54) is 4.80 Å². The van der Waals surface area contributed by atoms with Gasteiger partial charge < -0.3 is 10.2 Å². The molecule has 2 aromatic carbocycles. The van der Waals surface area contributed by atoms with Crippen molar-refractivity contribution >= 4 is 16.7 Å². The zero-order valence-corrected chi connectivity index (χ0v) is 9.96. The van der Waals surface area contributed by atoms with E-state index < -0.39 is 22.1 Å². The van der Waals surface area contributed by atoms with Gasteiger partial charge in [-0.25, -0.2) is 0 Å². The molecule has 100 valence electrons. The Bertz CT molecular complexity index is 813. The number of aromatic hydroxyl groups is 2. The fourth-order valence-electron chi connectivity index (χ4n) is 1.86. The van der Waals surface area contributed by atoms with Crippen LogP contribution < -0.4 is 0 Å². The smallest absolute Gasteiger partial charge is 0.344 e. The van der Waals surface area contributed by atoms with Crippen molar-refractivity contribution in [3.63, 3.8) is 0 Å². The van der Waals surface area contributed by atoms with E-state index in [-0.39, 0.29) is 11.0 Å². The van der Waals surface area contributed by atoms with Crippen molar-refractivity contribution in [3.05, 3.63) is 46.5 Å². The van der Waals surface area contributed by atoms with Crippen molar-refractivity contribution in [2.45, 2.75) is 0 Å². The minimum Gasteiger partial charge on any atom is -0.504 e. The highest BCUT2D eigenvalue weighted by Crippen LogP contribution is 2.40. The second-order valence-corrected chi connectivity index (χ2v) is 4.04. The second-order valence-electron chi connectivity index (χ2n) is 4.04. The molecule has 0 aliphatic rings. The number of hydrogen-bond donors (Lipinski definition) is 2. The lowest BCUT2D eigenvalue weighted by Gasteiger charge is -1.98. The SMILES string of the molecule is O=[N+]([O-])c1c(O)c(O)cc2nn(-c3ccccc3)nc12. The maximum absolute atomic E-state index is 11.0. The van der Waals surface area contributed by atoms with Crippen LogP contribution in [0.5, 0.6) is 11.5 Å². The lowest BCUT2D eigenvalue weighted by Crippen LogP contribution is -1.97. The van der Waals surface area contributed by atoms with E-state index in [0.29, 0.717) is 5.69 Å². The first-order chi connectivity index (χ1) is 9.58. The molecule has 0 saturated carbocycles. The number of rotatable bonds is 2. The molecule has 0 aliphatic heterocycles. The molecular weight excluding hydrogens is 264 g/mol. The van der Waals surface area contributed by atoms with Gasteiger partial charge in [0.15, 0.2) is 11.3 Å². The molecule has 0 radical (unpaired) electrons. The van der Waals surface area contributed by atoms with Gasteiger partial charge in [-0.05, 0) is 12.1 Å². The summed E-state index contributed by atoms with van der Waals surface area (Å²) in [5.41, 5.74) is -0.0239. The Morgan fingerprint density at radius 2 is 1.85 bits per heavy atom. The number of fused-ring (bicyclic) bond motifs is 1. The summed E-state index contributed by atoms with van der Waals surface area (Å²) >= 11 is 0. The highest BCUT2D eigenvalue weighted by Gasteiger charge is 2.26. The summed E-state index contributed by atoms with van der Waals surface area (Å²) in [5, 5.41) is 38.1. The summed E-state index contributed by atoms with van der Waals surface area (Å²) in [6.07, 6.45) is 0. The standard InChI is InChI=1S/C12H8N4O4/c17-9-6-8-10(11(12(9)18)16(19)20)14-15(13-8)7-4-2-1-3-5-7/h1-6,17-18H. The predicted octanol–water partition coefficient (Wildman–Crippen LogP) is 1.74. The van der Waals surface area contributed by atoms with Gasteiger partial charge in [0.1, 0.15) is 5.52 Å². The Hall–Kier alpha value is -3.16. The van der Waals surface area contributed by atoms with Crippen LogP contribution in [0.15, 0.2) is 36.4 Å². The minimum atomic E-state index is -0.817. The Labute approximate surface area is 111 Å². The molecule has 0 amide bonds. The van der Waals surface area contributed by atoms with Gasteiger partial charge in [-0.3, -0.25) is 10.1 Å². The maximum Gasteiger partial charge on any atom is 0.344 e. The molecule has 2 N–H and O–H groups in total. The van der Waals surface area contributed by atoms with Crippen LogP contribution in [0.2, 0.25) is 0 Å². The number of hydrogen-bond acceptors (Lipinski definition) is 6. The third kappa shape index (κ3) is 1.70.